The predicted octanol–water partition coefficient (Wildman–Crippen LogP) is 1.32. The molecule has 1 fully saturated rings. The molecule has 2 aromatic heterocycles. The lowest BCUT2D eigenvalue weighted by molar-refractivity contribution is -0.136. The van der Waals surface area contributed by atoms with Crippen LogP contribution in [-0.4, -0.2) is 51.8 Å². The predicted molar refractivity (Wildman–Crippen MR) is 82.0 cm³/mol. The molecule has 7 heteroatoms. The van der Waals surface area contributed by atoms with Gasteiger partial charge in [0, 0.05) is 25.0 Å². The number of hydrogen-bond acceptors (Lipinski definition) is 6. The maximum absolute atomic E-state index is 12.3. The Morgan fingerprint density at radius 2 is 2.22 bits per heavy atom. The van der Waals surface area contributed by atoms with Gasteiger partial charge in [0.2, 0.25) is 5.88 Å². The van der Waals surface area contributed by atoms with Crippen LogP contribution in [-0.2, 0) is 4.79 Å². The number of aromatic nitrogens is 3. The summed E-state index contributed by atoms with van der Waals surface area (Å²) in [7, 11) is 0. The molecule has 0 saturated carbocycles. The summed E-state index contributed by atoms with van der Waals surface area (Å²) in [6, 6.07) is 7.08. The van der Waals surface area contributed by atoms with E-state index in [1.54, 1.807) is 47.8 Å². The fraction of sp³-hybridized carbons (Fsp3) is 0.375. The van der Waals surface area contributed by atoms with Gasteiger partial charge in [0.15, 0.2) is 6.61 Å². The molecule has 3 heterocycles. The van der Waals surface area contributed by atoms with Gasteiger partial charge in [-0.05, 0) is 31.0 Å². The lowest BCUT2D eigenvalue weighted by Crippen LogP contribution is -2.46. The second kappa shape index (κ2) is 7.53. The summed E-state index contributed by atoms with van der Waals surface area (Å²) in [4.78, 5) is 18.0. The van der Waals surface area contributed by atoms with Crippen molar-refractivity contribution in [3.05, 3.63) is 42.9 Å². The average Bonchev–Trinajstić information content (AvgIpc) is 2.62. The van der Waals surface area contributed by atoms with Crippen LogP contribution in [0.15, 0.2) is 42.9 Å². The first-order valence-electron chi connectivity index (χ1n) is 7.56. The van der Waals surface area contributed by atoms with Gasteiger partial charge < -0.3 is 14.4 Å². The van der Waals surface area contributed by atoms with Crippen LogP contribution in [0, 0.1) is 0 Å². The second-order valence-electron chi connectivity index (χ2n) is 5.26. The third-order valence-electron chi connectivity index (χ3n) is 3.56. The van der Waals surface area contributed by atoms with Crippen LogP contribution in [0.3, 0.4) is 0 Å². The zero-order chi connectivity index (χ0) is 15.9. The molecule has 120 valence electrons. The standard InChI is InChI=1S/C16H18N4O3/c21-16(12-22-13-4-1-7-17-10-13)20-9-3-5-14(11-20)23-15-6-2-8-18-19-15/h1-2,4,6-8,10,14H,3,5,9,11-12H2. The summed E-state index contributed by atoms with van der Waals surface area (Å²) in [5, 5.41) is 7.70. The minimum atomic E-state index is -0.0669. The van der Waals surface area contributed by atoms with Crippen LogP contribution in [0.1, 0.15) is 12.8 Å². The molecule has 0 radical (unpaired) electrons. The van der Waals surface area contributed by atoms with E-state index in [-0.39, 0.29) is 18.6 Å². The quantitative estimate of drug-likeness (QED) is 0.828. The number of amides is 1. The largest absolute Gasteiger partial charge is 0.482 e. The van der Waals surface area contributed by atoms with Crippen molar-refractivity contribution < 1.29 is 14.3 Å². The van der Waals surface area contributed by atoms with Crippen LogP contribution >= 0.6 is 0 Å². The van der Waals surface area contributed by atoms with Gasteiger partial charge in [-0.25, -0.2) is 0 Å². The van der Waals surface area contributed by atoms with Gasteiger partial charge in [-0.2, -0.15) is 5.10 Å². The number of rotatable bonds is 5. The number of carbonyl (C=O) groups is 1. The van der Waals surface area contributed by atoms with Crippen molar-refractivity contribution in [2.24, 2.45) is 0 Å². The van der Waals surface area contributed by atoms with Crippen molar-refractivity contribution in [3.63, 3.8) is 0 Å². The zero-order valence-electron chi connectivity index (χ0n) is 12.7. The minimum absolute atomic E-state index is 0.00353. The molecule has 0 spiro atoms. The van der Waals surface area contributed by atoms with E-state index in [0.29, 0.717) is 18.2 Å². The van der Waals surface area contributed by atoms with Crippen molar-refractivity contribution >= 4 is 5.91 Å². The van der Waals surface area contributed by atoms with E-state index in [0.717, 1.165) is 19.4 Å². The molecule has 0 N–H and O–H groups in total. The van der Waals surface area contributed by atoms with Gasteiger partial charge in [0.1, 0.15) is 11.9 Å². The Balaban J connectivity index is 1.50. The molecule has 1 unspecified atom stereocenters. The molecule has 1 aliphatic rings. The summed E-state index contributed by atoms with van der Waals surface area (Å²) in [6.07, 6.45) is 6.56. The van der Waals surface area contributed by atoms with Crippen LogP contribution in [0.25, 0.3) is 0 Å². The highest BCUT2D eigenvalue weighted by Gasteiger charge is 2.25. The van der Waals surface area contributed by atoms with Crippen LogP contribution in [0.5, 0.6) is 11.6 Å². The smallest absolute Gasteiger partial charge is 0.260 e. The number of ether oxygens (including phenoxy) is 2. The molecule has 7 nitrogen and oxygen atoms in total. The van der Waals surface area contributed by atoms with E-state index in [4.69, 9.17) is 9.47 Å². The number of pyridine rings is 1. The van der Waals surface area contributed by atoms with Crippen molar-refractivity contribution in [2.45, 2.75) is 18.9 Å². The first kappa shape index (κ1) is 15.2. The maximum atomic E-state index is 12.3. The summed E-state index contributed by atoms with van der Waals surface area (Å²) < 4.78 is 11.2. The highest BCUT2D eigenvalue weighted by atomic mass is 16.5. The molecule has 0 bridgehead atoms. The summed E-state index contributed by atoms with van der Waals surface area (Å²) in [5.74, 6) is 1.02. The van der Waals surface area contributed by atoms with Gasteiger partial charge in [-0.3, -0.25) is 9.78 Å². The van der Waals surface area contributed by atoms with Crippen molar-refractivity contribution in [3.8, 4) is 11.6 Å². The lowest BCUT2D eigenvalue weighted by Gasteiger charge is -2.32. The Morgan fingerprint density at radius 3 is 3.00 bits per heavy atom. The Morgan fingerprint density at radius 1 is 1.30 bits per heavy atom. The molecule has 3 rings (SSSR count). The molecule has 1 saturated heterocycles. The summed E-state index contributed by atoms with van der Waals surface area (Å²) in [6.45, 7) is 1.25. The summed E-state index contributed by atoms with van der Waals surface area (Å²) in [5.41, 5.74) is 0. The van der Waals surface area contributed by atoms with Gasteiger partial charge in [-0.15, -0.1) is 5.10 Å². The van der Waals surface area contributed by atoms with Crippen molar-refractivity contribution in [1.82, 2.24) is 20.1 Å². The molecule has 0 aliphatic carbocycles. The molecule has 0 aromatic carbocycles. The third kappa shape index (κ3) is 4.38. The lowest BCUT2D eigenvalue weighted by atomic mass is 10.1. The molecular formula is C16H18N4O3. The fourth-order valence-corrected chi connectivity index (χ4v) is 2.45. The van der Waals surface area contributed by atoms with E-state index in [9.17, 15) is 4.79 Å². The van der Waals surface area contributed by atoms with Crippen molar-refractivity contribution in [2.75, 3.05) is 19.7 Å². The minimum Gasteiger partial charge on any atom is -0.482 e. The SMILES string of the molecule is O=C(COc1cccnc1)N1CCCC(Oc2cccnn2)C1. The summed E-state index contributed by atoms with van der Waals surface area (Å²) >= 11 is 0. The van der Waals surface area contributed by atoms with Gasteiger partial charge in [0.25, 0.3) is 5.91 Å². The third-order valence-corrected chi connectivity index (χ3v) is 3.56. The Kier molecular flexibility index (Phi) is 4.98. The highest BCUT2D eigenvalue weighted by Crippen LogP contribution is 2.16. The maximum Gasteiger partial charge on any atom is 0.260 e. The van der Waals surface area contributed by atoms with Crippen molar-refractivity contribution in [1.29, 1.82) is 0 Å². The average molecular weight is 314 g/mol. The Hall–Kier alpha value is -2.70. The fourth-order valence-electron chi connectivity index (χ4n) is 2.45. The van der Waals surface area contributed by atoms with E-state index >= 15 is 0 Å². The molecule has 1 aliphatic heterocycles. The number of nitrogens with zero attached hydrogens (tertiary/aromatic N) is 4. The van der Waals surface area contributed by atoms with Crippen LogP contribution in [0.2, 0.25) is 0 Å². The molecule has 1 atom stereocenters. The highest BCUT2D eigenvalue weighted by molar-refractivity contribution is 5.77. The Labute approximate surface area is 134 Å². The number of likely N-dealkylation sites (tertiary alicyclic amines) is 1. The van der Waals surface area contributed by atoms with Crippen LogP contribution < -0.4 is 9.47 Å². The number of hydrogen-bond donors (Lipinski definition) is 0. The first-order valence-corrected chi connectivity index (χ1v) is 7.56. The molecule has 2 aromatic rings. The normalized spacial score (nSPS) is 17.6. The Bertz CT molecular complexity index is 624. The topological polar surface area (TPSA) is 77.4 Å². The monoisotopic (exact) mass is 314 g/mol. The van der Waals surface area contributed by atoms with Gasteiger partial charge in [-0.1, -0.05) is 0 Å². The van der Waals surface area contributed by atoms with E-state index in [2.05, 4.69) is 15.2 Å². The second-order valence-corrected chi connectivity index (χ2v) is 5.26. The first-order chi connectivity index (χ1) is 11.3. The molecule has 23 heavy (non-hydrogen) atoms. The van der Waals surface area contributed by atoms with Crippen LogP contribution in [0.4, 0.5) is 0 Å². The van der Waals surface area contributed by atoms with Gasteiger partial charge >= 0.3 is 0 Å². The van der Waals surface area contributed by atoms with E-state index in [1.807, 2.05) is 0 Å². The zero-order valence-corrected chi connectivity index (χ0v) is 12.7. The molecule has 1 amide bonds. The van der Waals surface area contributed by atoms with E-state index < -0.39 is 0 Å². The number of piperidine rings is 1. The number of carbonyl (C=O) groups excluding carboxylic acids is 1. The molecular weight excluding hydrogens is 296 g/mol. The van der Waals surface area contributed by atoms with Gasteiger partial charge in [0.05, 0.1) is 12.7 Å². The van der Waals surface area contributed by atoms with E-state index in [1.165, 1.54) is 0 Å².